The van der Waals surface area contributed by atoms with Crippen LogP contribution < -0.4 is 0 Å². The van der Waals surface area contributed by atoms with Crippen molar-refractivity contribution in [3.05, 3.63) is 0 Å². The van der Waals surface area contributed by atoms with Crippen molar-refractivity contribution in [2.75, 3.05) is 40.2 Å². The van der Waals surface area contributed by atoms with Crippen LogP contribution in [0, 0.1) is 0 Å². The minimum absolute atomic E-state index is 0.109. The molecule has 0 spiro atoms. The minimum Gasteiger partial charge on any atom is -0.367 e. The normalized spacial score (nSPS) is 14.4. The van der Waals surface area contributed by atoms with E-state index in [0.717, 1.165) is 0 Å². The van der Waals surface area contributed by atoms with Crippen LogP contribution in [0.3, 0.4) is 0 Å². The van der Waals surface area contributed by atoms with Crippen molar-refractivity contribution in [2.45, 2.75) is 26.2 Å². The van der Waals surface area contributed by atoms with Gasteiger partial charge in [-0.15, -0.1) is 0 Å². The number of hydrogen-bond acceptors (Lipinski definition) is 8. The van der Waals surface area contributed by atoms with Gasteiger partial charge in [0, 0.05) is 20.8 Å². The van der Waals surface area contributed by atoms with E-state index >= 15 is 0 Å². The van der Waals surface area contributed by atoms with Crippen LogP contribution in [0.2, 0.25) is 0 Å². The lowest BCUT2D eigenvalue weighted by Gasteiger charge is -2.26. The van der Waals surface area contributed by atoms with Crippen LogP contribution in [0.25, 0.3) is 0 Å². The van der Waals surface area contributed by atoms with Crippen molar-refractivity contribution < 1.29 is 27.4 Å². The van der Waals surface area contributed by atoms with Crippen molar-refractivity contribution in [3.63, 3.8) is 0 Å². The fourth-order valence-corrected chi connectivity index (χ4v) is 7.52. The van der Waals surface area contributed by atoms with Crippen molar-refractivity contribution in [3.8, 4) is 0 Å². The molecule has 0 aromatic heterocycles. The molecule has 0 saturated heterocycles. The van der Waals surface area contributed by atoms with Gasteiger partial charge in [0.15, 0.2) is 0 Å². The average Bonchev–Trinajstić information content (AvgIpc) is 2.39. The molecular formula is C10H24O6P2S2. The summed E-state index contributed by atoms with van der Waals surface area (Å²) in [4.78, 5) is 0. The monoisotopic (exact) mass is 366 g/mol. The summed E-state index contributed by atoms with van der Waals surface area (Å²) in [5, 5.41) is 0. The maximum Gasteiger partial charge on any atom is 0.334 e. The summed E-state index contributed by atoms with van der Waals surface area (Å²) in [6.45, 7) is 6.46. The van der Waals surface area contributed by atoms with Crippen LogP contribution in [0.4, 0.5) is 0 Å². The van der Waals surface area contributed by atoms with E-state index in [2.05, 4.69) is 0 Å². The second-order valence-corrected chi connectivity index (χ2v) is 12.1. The summed E-state index contributed by atoms with van der Waals surface area (Å²) >= 11 is 6.51. The molecule has 0 rings (SSSR count). The first-order valence-corrected chi connectivity index (χ1v) is 12.1. The Balaban J connectivity index is 4.90. The minimum atomic E-state index is -3.20. The number of rotatable bonds is 12. The molecule has 1 unspecified atom stereocenters. The molecule has 10 heteroatoms. The average molecular weight is 366 g/mol. The zero-order valence-corrected chi connectivity index (χ0v) is 16.0. The highest BCUT2D eigenvalue weighted by molar-refractivity contribution is 8.68. The molecule has 0 N–H and O–H groups in total. The van der Waals surface area contributed by atoms with Crippen molar-refractivity contribution in [1.29, 1.82) is 0 Å². The van der Waals surface area contributed by atoms with Gasteiger partial charge in [0.2, 0.25) is 5.69 Å². The lowest BCUT2D eigenvalue weighted by Crippen LogP contribution is -2.16. The Hall–Kier alpha value is 1.03. The molecule has 0 radical (unpaired) electrons. The molecule has 1 atom stereocenters. The summed E-state index contributed by atoms with van der Waals surface area (Å²) in [5.41, 5.74) is -2.96. The maximum absolute atomic E-state index is 12.5. The Morgan fingerprint density at radius 1 is 1.05 bits per heavy atom. The molecule has 0 aliphatic rings. The number of ether oxygens (including phenoxy) is 1. The third-order valence-corrected chi connectivity index (χ3v) is 10.1. The van der Waals surface area contributed by atoms with Gasteiger partial charge < -0.3 is 22.8 Å². The van der Waals surface area contributed by atoms with Crippen LogP contribution in [0.15, 0.2) is 0 Å². The molecule has 20 heavy (non-hydrogen) atoms. The molecule has 0 bridgehead atoms. The zero-order valence-electron chi connectivity index (χ0n) is 12.6. The van der Waals surface area contributed by atoms with Gasteiger partial charge in [-0.1, -0.05) is 0 Å². The van der Waals surface area contributed by atoms with Crippen molar-refractivity contribution >= 4 is 36.5 Å². The van der Waals surface area contributed by atoms with Crippen LogP contribution in [-0.4, -0.2) is 45.6 Å². The fraction of sp³-hybridized carbons (Fsp3) is 1.00. The third kappa shape index (κ3) is 7.87. The second-order valence-electron chi connectivity index (χ2n) is 3.43. The van der Waals surface area contributed by atoms with Gasteiger partial charge in [0.1, 0.15) is 5.44 Å². The summed E-state index contributed by atoms with van der Waals surface area (Å²) < 4.78 is 39.0. The van der Waals surface area contributed by atoms with Gasteiger partial charge in [0.25, 0.3) is 0 Å². The SMILES string of the molecule is CCOC(CP(=O)(OCC)OCC)SP(=S)(OC)OC. The highest BCUT2D eigenvalue weighted by Gasteiger charge is 2.33. The molecule has 0 aromatic rings. The smallest absolute Gasteiger partial charge is 0.334 e. The van der Waals surface area contributed by atoms with Gasteiger partial charge in [0.05, 0.1) is 19.4 Å². The van der Waals surface area contributed by atoms with Crippen LogP contribution in [0.5, 0.6) is 0 Å². The van der Waals surface area contributed by atoms with Gasteiger partial charge >= 0.3 is 7.60 Å². The molecule has 0 heterocycles. The lowest BCUT2D eigenvalue weighted by molar-refractivity contribution is 0.129. The predicted molar refractivity (Wildman–Crippen MR) is 87.0 cm³/mol. The van der Waals surface area contributed by atoms with Crippen LogP contribution in [0.1, 0.15) is 20.8 Å². The third-order valence-electron chi connectivity index (χ3n) is 2.07. The Kier molecular flexibility index (Phi) is 11.3. The molecular weight excluding hydrogens is 342 g/mol. The summed E-state index contributed by atoms with van der Waals surface area (Å²) in [5.74, 6) is 0. The standard InChI is InChI=1S/C10H24O6P2S2/c1-6-14-10(20-18(19,12-4)13-5)9-17(11,15-7-2)16-8-3/h10H,6-9H2,1-5H3. The fourth-order valence-electron chi connectivity index (χ4n) is 1.33. The molecule has 0 amide bonds. The van der Waals surface area contributed by atoms with E-state index in [1.54, 1.807) is 13.8 Å². The van der Waals surface area contributed by atoms with E-state index in [-0.39, 0.29) is 6.16 Å². The largest absolute Gasteiger partial charge is 0.367 e. The topological polar surface area (TPSA) is 63.2 Å². The highest BCUT2D eigenvalue weighted by Crippen LogP contribution is 2.63. The first kappa shape index (κ1) is 21.0. The van der Waals surface area contributed by atoms with E-state index < -0.39 is 18.7 Å². The quantitative estimate of drug-likeness (QED) is 0.381. The Morgan fingerprint density at radius 3 is 1.90 bits per heavy atom. The van der Waals surface area contributed by atoms with Gasteiger partial charge in [-0.3, -0.25) is 4.57 Å². The summed E-state index contributed by atoms with van der Waals surface area (Å²) in [6.07, 6.45) is 0.109. The molecule has 0 saturated carbocycles. The van der Waals surface area contributed by atoms with E-state index in [0.29, 0.717) is 19.8 Å². The molecule has 0 aliphatic carbocycles. The van der Waals surface area contributed by atoms with Crippen LogP contribution >= 0.6 is 24.7 Å². The summed E-state index contributed by atoms with van der Waals surface area (Å²) in [7, 11) is -0.216. The molecule has 122 valence electrons. The first-order chi connectivity index (χ1) is 9.38. The summed E-state index contributed by atoms with van der Waals surface area (Å²) in [6, 6.07) is 0. The van der Waals surface area contributed by atoms with Crippen molar-refractivity contribution in [1.82, 2.24) is 0 Å². The molecule has 0 aliphatic heterocycles. The molecule has 6 nitrogen and oxygen atoms in total. The van der Waals surface area contributed by atoms with E-state index in [1.165, 1.54) is 25.6 Å². The van der Waals surface area contributed by atoms with E-state index in [4.69, 9.17) is 34.6 Å². The molecule has 0 aromatic carbocycles. The van der Waals surface area contributed by atoms with Crippen molar-refractivity contribution in [2.24, 2.45) is 0 Å². The van der Waals surface area contributed by atoms with Gasteiger partial charge in [-0.05, 0) is 44.0 Å². The van der Waals surface area contributed by atoms with Gasteiger partial charge in [-0.2, -0.15) is 0 Å². The highest BCUT2D eigenvalue weighted by atomic mass is 32.9. The second kappa shape index (κ2) is 10.7. The van der Waals surface area contributed by atoms with E-state index in [1.807, 2.05) is 6.92 Å². The van der Waals surface area contributed by atoms with E-state index in [9.17, 15) is 4.57 Å². The first-order valence-electron chi connectivity index (χ1n) is 6.28. The lowest BCUT2D eigenvalue weighted by atomic mass is 10.8. The Bertz CT molecular complexity index is 337. The van der Waals surface area contributed by atoms with Gasteiger partial charge in [-0.25, -0.2) is 0 Å². The molecule has 0 fully saturated rings. The maximum atomic E-state index is 12.5. The zero-order chi connectivity index (χ0) is 15.6. The Morgan fingerprint density at radius 2 is 1.55 bits per heavy atom. The Labute approximate surface area is 130 Å². The van der Waals surface area contributed by atoms with Crippen LogP contribution in [-0.2, 0) is 39.2 Å². The predicted octanol–water partition coefficient (Wildman–Crippen LogP) is 3.87. The number of hydrogen-bond donors (Lipinski definition) is 0.